The molecular weight excluding hydrogens is 294 g/mol. The number of hydrogen-bond donors (Lipinski definition) is 1. The van der Waals surface area contributed by atoms with Gasteiger partial charge in [-0.2, -0.15) is 9.97 Å². The normalized spacial score (nSPS) is 11.2. The quantitative estimate of drug-likeness (QED) is 0.586. The van der Waals surface area contributed by atoms with Gasteiger partial charge in [-0.05, 0) is 24.4 Å². The molecule has 1 aromatic carbocycles. The van der Waals surface area contributed by atoms with E-state index in [2.05, 4.69) is 37.0 Å². The molecule has 0 radical (unpaired) electrons. The van der Waals surface area contributed by atoms with E-state index in [0.717, 1.165) is 27.5 Å². The number of aliphatic imine (C=N–C) groups is 1. The van der Waals surface area contributed by atoms with Crippen molar-refractivity contribution in [3.05, 3.63) is 24.4 Å². The van der Waals surface area contributed by atoms with Gasteiger partial charge in [-0.15, -0.1) is 5.10 Å². The zero-order valence-electron chi connectivity index (χ0n) is 12.6. The fourth-order valence-corrected chi connectivity index (χ4v) is 2.63. The molecule has 0 aliphatic carbocycles. The average molecular weight is 307 g/mol. The standard InChI is InChI=1S/C15H13N7O/c1-16-15-18-13-12(14(19-15)23-3)9(7-17-13)8-4-5-10-11(6-8)22(2)21-20-10/h4-7H,1H2,2-3H3,(H,17,18,19). The van der Waals surface area contributed by atoms with Crippen molar-refractivity contribution in [2.75, 3.05) is 7.11 Å². The number of H-pyrrole nitrogens is 1. The predicted octanol–water partition coefficient (Wildman–Crippen LogP) is 2.25. The minimum absolute atomic E-state index is 0.272. The van der Waals surface area contributed by atoms with Crippen molar-refractivity contribution in [1.82, 2.24) is 29.9 Å². The minimum Gasteiger partial charge on any atom is -0.480 e. The van der Waals surface area contributed by atoms with E-state index in [1.807, 2.05) is 31.4 Å². The number of benzene rings is 1. The molecule has 8 heteroatoms. The third-order valence-electron chi connectivity index (χ3n) is 3.74. The van der Waals surface area contributed by atoms with Crippen molar-refractivity contribution in [3.8, 4) is 17.0 Å². The molecule has 0 aliphatic heterocycles. The third kappa shape index (κ3) is 1.95. The summed E-state index contributed by atoms with van der Waals surface area (Å²) < 4.78 is 7.14. The molecule has 3 aromatic heterocycles. The zero-order chi connectivity index (χ0) is 16.0. The van der Waals surface area contributed by atoms with Crippen LogP contribution in [-0.2, 0) is 7.05 Å². The molecule has 4 aromatic rings. The maximum Gasteiger partial charge on any atom is 0.254 e. The van der Waals surface area contributed by atoms with Crippen LogP contribution in [0.2, 0.25) is 0 Å². The van der Waals surface area contributed by atoms with Crippen LogP contribution in [0.15, 0.2) is 29.4 Å². The van der Waals surface area contributed by atoms with Crippen LogP contribution >= 0.6 is 0 Å². The molecule has 0 amide bonds. The predicted molar refractivity (Wildman–Crippen MR) is 87.2 cm³/mol. The third-order valence-corrected chi connectivity index (χ3v) is 3.74. The molecule has 0 unspecified atom stereocenters. The summed E-state index contributed by atoms with van der Waals surface area (Å²) >= 11 is 0. The number of aromatic amines is 1. The van der Waals surface area contributed by atoms with Gasteiger partial charge in [0.2, 0.25) is 5.88 Å². The first kappa shape index (κ1) is 13.4. The van der Waals surface area contributed by atoms with Crippen LogP contribution in [-0.4, -0.2) is 43.8 Å². The lowest BCUT2D eigenvalue weighted by atomic mass is 10.1. The smallest absolute Gasteiger partial charge is 0.254 e. The van der Waals surface area contributed by atoms with Crippen molar-refractivity contribution in [3.63, 3.8) is 0 Å². The second kappa shape index (κ2) is 4.87. The first-order valence-electron chi connectivity index (χ1n) is 6.91. The Labute approximate surface area is 130 Å². The summed E-state index contributed by atoms with van der Waals surface area (Å²) in [7, 11) is 3.43. The van der Waals surface area contributed by atoms with Gasteiger partial charge >= 0.3 is 0 Å². The Balaban J connectivity index is 2.00. The second-order valence-electron chi connectivity index (χ2n) is 5.03. The number of aryl methyl sites for hydroxylation is 1. The molecule has 0 saturated carbocycles. The van der Waals surface area contributed by atoms with Crippen LogP contribution in [0.3, 0.4) is 0 Å². The molecular formula is C15H13N7O. The molecule has 4 rings (SSSR count). The van der Waals surface area contributed by atoms with Crippen LogP contribution in [0.5, 0.6) is 5.88 Å². The van der Waals surface area contributed by atoms with E-state index >= 15 is 0 Å². The van der Waals surface area contributed by atoms with E-state index < -0.39 is 0 Å². The number of hydrogen-bond acceptors (Lipinski definition) is 6. The Hall–Kier alpha value is -3.29. The Bertz CT molecular complexity index is 1050. The van der Waals surface area contributed by atoms with Gasteiger partial charge in [-0.1, -0.05) is 11.3 Å². The first-order valence-corrected chi connectivity index (χ1v) is 6.91. The molecule has 0 atom stereocenters. The lowest BCUT2D eigenvalue weighted by Crippen LogP contribution is -1.92. The molecule has 3 heterocycles. The van der Waals surface area contributed by atoms with Gasteiger partial charge in [-0.25, -0.2) is 9.67 Å². The Morgan fingerprint density at radius 1 is 1.30 bits per heavy atom. The Kier molecular flexibility index (Phi) is 2.83. The van der Waals surface area contributed by atoms with Crippen molar-refractivity contribution in [2.24, 2.45) is 12.0 Å². The molecule has 0 bridgehead atoms. The molecule has 0 saturated heterocycles. The van der Waals surface area contributed by atoms with E-state index in [1.54, 1.807) is 11.8 Å². The van der Waals surface area contributed by atoms with E-state index in [4.69, 9.17) is 4.74 Å². The zero-order valence-corrected chi connectivity index (χ0v) is 12.6. The van der Waals surface area contributed by atoms with Crippen LogP contribution < -0.4 is 4.74 Å². The summed E-state index contributed by atoms with van der Waals surface area (Å²) in [5.74, 6) is 0.728. The van der Waals surface area contributed by atoms with Gasteiger partial charge in [0, 0.05) is 18.8 Å². The maximum absolute atomic E-state index is 5.40. The van der Waals surface area contributed by atoms with Gasteiger partial charge in [0.15, 0.2) is 0 Å². The number of ether oxygens (including phenoxy) is 1. The van der Waals surface area contributed by atoms with E-state index in [1.165, 1.54) is 0 Å². The molecule has 23 heavy (non-hydrogen) atoms. The number of aromatic nitrogens is 6. The maximum atomic E-state index is 5.40. The van der Waals surface area contributed by atoms with Gasteiger partial charge < -0.3 is 9.72 Å². The highest BCUT2D eigenvalue weighted by Gasteiger charge is 2.16. The van der Waals surface area contributed by atoms with Crippen molar-refractivity contribution < 1.29 is 4.74 Å². The largest absolute Gasteiger partial charge is 0.480 e. The fraction of sp³-hybridized carbons (Fsp3) is 0.133. The molecule has 8 nitrogen and oxygen atoms in total. The summed E-state index contributed by atoms with van der Waals surface area (Å²) in [6.07, 6.45) is 1.87. The van der Waals surface area contributed by atoms with Gasteiger partial charge in [0.05, 0.1) is 18.0 Å². The number of fused-ring (bicyclic) bond motifs is 2. The van der Waals surface area contributed by atoms with Crippen LogP contribution in [0.4, 0.5) is 5.95 Å². The SMILES string of the molecule is C=Nc1nc(OC)c2c(-c3ccc4nnn(C)c4c3)c[nH]c2n1. The van der Waals surface area contributed by atoms with Crippen LogP contribution in [0.1, 0.15) is 0 Å². The monoisotopic (exact) mass is 307 g/mol. The number of nitrogens with one attached hydrogen (secondary N) is 1. The molecule has 114 valence electrons. The summed E-state index contributed by atoms with van der Waals surface area (Å²) in [6.45, 7) is 3.45. The lowest BCUT2D eigenvalue weighted by Gasteiger charge is -2.05. The van der Waals surface area contributed by atoms with Crippen molar-refractivity contribution >= 4 is 34.7 Å². The van der Waals surface area contributed by atoms with Crippen molar-refractivity contribution in [2.45, 2.75) is 0 Å². The first-order chi connectivity index (χ1) is 11.2. The van der Waals surface area contributed by atoms with E-state index in [0.29, 0.717) is 11.5 Å². The Morgan fingerprint density at radius 2 is 2.17 bits per heavy atom. The highest BCUT2D eigenvalue weighted by atomic mass is 16.5. The topological polar surface area (TPSA) is 93.9 Å². The molecule has 0 aliphatic rings. The Morgan fingerprint density at radius 3 is 2.96 bits per heavy atom. The van der Waals surface area contributed by atoms with Crippen LogP contribution in [0, 0.1) is 0 Å². The molecule has 0 fully saturated rings. The highest BCUT2D eigenvalue weighted by Crippen LogP contribution is 2.35. The minimum atomic E-state index is 0.272. The lowest BCUT2D eigenvalue weighted by molar-refractivity contribution is 0.403. The summed E-state index contributed by atoms with van der Waals surface area (Å²) in [6, 6.07) is 5.94. The average Bonchev–Trinajstić information content (AvgIpc) is 3.17. The number of nitrogens with zero attached hydrogens (tertiary/aromatic N) is 6. The van der Waals surface area contributed by atoms with Crippen molar-refractivity contribution in [1.29, 1.82) is 0 Å². The fourth-order valence-electron chi connectivity index (χ4n) is 2.63. The van der Waals surface area contributed by atoms with E-state index in [9.17, 15) is 0 Å². The number of methoxy groups -OCH3 is 1. The summed E-state index contributed by atoms with van der Waals surface area (Å²) in [4.78, 5) is 15.5. The molecule has 1 N–H and O–H groups in total. The number of rotatable bonds is 3. The van der Waals surface area contributed by atoms with Gasteiger partial charge in [0.25, 0.3) is 5.95 Å². The second-order valence-corrected chi connectivity index (χ2v) is 5.03. The summed E-state index contributed by atoms with van der Waals surface area (Å²) in [5, 5.41) is 8.92. The van der Waals surface area contributed by atoms with Gasteiger partial charge in [0.1, 0.15) is 11.2 Å². The highest BCUT2D eigenvalue weighted by molar-refractivity contribution is 5.99. The van der Waals surface area contributed by atoms with Crippen LogP contribution in [0.25, 0.3) is 33.2 Å². The van der Waals surface area contributed by atoms with E-state index in [-0.39, 0.29) is 5.95 Å². The molecule has 0 spiro atoms. The summed E-state index contributed by atoms with van der Waals surface area (Å²) in [5.41, 5.74) is 4.38. The van der Waals surface area contributed by atoms with Gasteiger partial charge in [-0.3, -0.25) is 0 Å².